The monoisotopic (exact) mass is 494 g/mol. The Bertz CT molecular complexity index is 1260. The number of Topliss-reactive ketones (excluding diaryl/α,β-unsaturated/α-hetero) is 1. The number of aryl methyl sites for hydroxylation is 2. The van der Waals surface area contributed by atoms with Crippen LogP contribution in [0.4, 0.5) is 4.39 Å². The van der Waals surface area contributed by atoms with E-state index in [4.69, 9.17) is 10.5 Å². The molecule has 2 heterocycles. The van der Waals surface area contributed by atoms with Crippen LogP contribution < -0.4 is 5.73 Å². The van der Waals surface area contributed by atoms with Crippen LogP contribution in [0.5, 0.6) is 0 Å². The van der Waals surface area contributed by atoms with E-state index in [9.17, 15) is 18.8 Å². The van der Waals surface area contributed by atoms with Gasteiger partial charge < -0.3 is 15.4 Å². The number of ketones is 1. The number of nitrogens with zero attached hydrogens (tertiary/aromatic N) is 1. The molecule has 0 saturated carbocycles. The van der Waals surface area contributed by atoms with Crippen molar-refractivity contribution in [1.82, 2.24) is 4.90 Å². The summed E-state index contributed by atoms with van der Waals surface area (Å²) in [5, 5.41) is 1.89. The van der Waals surface area contributed by atoms with Crippen LogP contribution in [-0.4, -0.2) is 42.3 Å². The normalized spacial score (nSPS) is 21.8. The first-order chi connectivity index (χ1) is 16.7. The van der Waals surface area contributed by atoms with E-state index in [2.05, 4.69) is 0 Å². The average molecular weight is 495 g/mol. The van der Waals surface area contributed by atoms with Gasteiger partial charge in [-0.1, -0.05) is 35.9 Å². The molecular formula is C27H27FN2O4S. The molecule has 1 aromatic heterocycles. The van der Waals surface area contributed by atoms with Crippen LogP contribution in [0.15, 0.2) is 60.0 Å². The molecule has 4 rings (SSSR count). The molecule has 1 aliphatic heterocycles. The van der Waals surface area contributed by atoms with Crippen LogP contribution in [-0.2, 0) is 14.3 Å². The third-order valence-corrected chi connectivity index (χ3v) is 7.63. The Labute approximate surface area is 207 Å². The number of primary amides is 1. The van der Waals surface area contributed by atoms with Gasteiger partial charge in [0.1, 0.15) is 18.5 Å². The number of carbonyl (C=O) groups excluding carboxylic acids is 3. The Morgan fingerprint density at radius 2 is 1.80 bits per heavy atom. The number of likely N-dealkylation sites (tertiary alicyclic amines) is 1. The summed E-state index contributed by atoms with van der Waals surface area (Å²) in [6, 6.07) is 12.9. The second-order valence-corrected chi connectivity index (χ2v) is 9.78. The number of nitrogens with two attached hydrogens (primary N) is 1. The molecule has 4 unspecified atom stereocenters. The van der Waals surface area contributed by atoms with Gasteiger partial charge in [-0.2, -0.15) is 0 Å². The molecule has 6 nitrogen and oxygen atoms in total. The number of halogens is 1. The molecule has 0 radical (unpaired) electrons. The molecule has 2 amide bonds. The van der Waals surface area contributed by atoms with Gasteiger partial charge in [0, 0.05) is 23.5 Å². The van der Waals surface area contributed by atoms with E-state index >= 15 is 0 Å². The van der Waals surface area contributed by atoms with Gasteiger partial charge >= 0.3 is 0 Å². The molecule has 2 N–H and O–H groups in total. The lowest BCUT2D eigenvalue weighted by atomic mass is 9.76. The number of amides is 2. The Hall–Kier alpha value is -3.36. The Morgan fingerprint density at radius 3 is 2.37 bits per heavy atom. The number of carbonyl (C=O) groups is 3. The fourth-order valence-electron chi connectivity index (χ4n) is 5.08. The Balaban J connectivity index is 1.99. The first-order valence-corrected chi connectivity index (χ1v) is 12.1. The fourth-order valence-corrected chi connectivity index (χ4v) is 6.16. The lowest BCUT2D eigenvalue weighted by Crippen LogP contribution is -2.47. The molecule has 8 heteroatoms. The minimum Gasteiger partial charge on any atom is -0.375 e. The number of hydrogen-bond acceptors (Lipinski definition) is 5. The Morgan fingerprint density at radius 1 is 1.09 bits per heavy atom. The molecule has 0 bridgehead atoms. The molecule has 4 atom stereocenters. The highest BCUT2D eigenvalue weighted by Gasteiger charge is 2.57. The molecule has 1 aliphatic rings. The maximum absolute atomic E-state index is 14.2. The molecule has 0 aliphatic carbocycles. The summed E-state index contributed by atoms with van der Waals surface area (Å²) < 4.78 is 18.9. The summed E-state index contributed by atoms with van der Waals surface area (Å²) in [5.74, 6) is -3.42. The highest BCUT2D eigenvalue weighted by Crippen LogP contribution is 2.52. The van der Waals surface area contributed by atoms with E-state index in [1.165, 1.54) is 35.5 Å². The quantitative estimate of drug-likeness (QED) is 0.499. The zero-order valence-electron chi connectivity index (χ0n) is 19.7. The molecule has 2 aromatic carbocycles. The first kappa shape index (κ1) is 24.8. The predicted octanol–water partition coefficient (Wildman–Crippen LogP) is 4.17. The van der Waals surface area contributed by atoms with Crippen molar-refractivity contribution in [2.75, 3.05) is 13.7 Å². The van der Waals surface area contributed by atoms with Gasteiger partial charge in [0.05, 0.1) is 12.0 Å². The summed E-state index contributed by atoms with van der Waals surface area (Å²) in [5.41, 5.74) is 8.76. The molecule has 182 valence electrons. The van der Waals surface area contributed by atoms with E-state index in [0.717, 1.165) is 16.0 Å². The molecule has 3 aromatic rings. The summed E-state index contributed by atoms with van der Waals surface area (Å²) in [4.78, 5) is 42.7. The number of methoxy groups -OCH3 is 1. The van der Waals surface area contributed by atoms with Gasteiger partial charge in [-0.3, -0.25) is 14.4 Å². The van der Waals surface area contributed by atoms with Crippen molar-refractivity contribution >= 4 is 28.9 Å². The van der Waals surface area contributed by atoms with Crippen LogP contribution in [0, 0.1) is 25.6 Å². The predicted molar refractivity (Wildman–Crippen MR) is 132 cm³/mol. The molecular weight excluding hydrogens is 467 g/mol. The maximum atomic E-state index is 14.2. The molecule has 1 saturated heterocycles. The second kappa shape index (κ2) is 10.1. The van der Waals surface area contributed by atoms with Crippen molar-refractivity contribution in [2.45, 2.75) is 31.8 Å². The summed E-state index contributed by atoms with van der Waals surface area (Å²) in [6.45, 7) is 3.53. The standard InChI is InChI=1S/C27H27FN2O4S/c1-15-5-4-6-18(13-15)25(32)22-21(17-7-9-19(28)10-8-17)24(27(29)33)30(20(31)14-34-3)23(22)26-16(2)11-12-35-26/h4-13,21-24H,14H2,1-3H3,(H2,29,33). The average Bonchev–Trinajstić information content (AvgIpc) is 3.40. The van der Waals surface area contributed by atoms with Gasteiger partial charge in [0.2, 0.25) is 11.8 Å². The van der Waals surface area contributed by atoms with Crippen molar-refractivity contribution in [3.63, 3.8) is 0 Å². The zero-order valence-corrected chi connectivity index (χ0v) is 20.6. The lowest BCUT2D eigenvalue weighted by molar-refractivity contribution is -0.142. The highest BCUT2D eigenvalue weighted by atomic mass is 32.1. The Kier molecular flexibility index (Phi) is 7.14. The van der Waals surface area contributed by atoms with Crippen molar-refractivity contribution in [1.29, 1.82) is 0 Å². The summed E-state index contributed by atoms with van der Waals surface area (Å²) >= 11 is 1.42. The smallest absolute Gasteiger partial charge is 0.249 e. The van der Waals surface area contributed by atoms with Gasteiger partial charge in [-0.25, -0.2) is 4.39 Å². The number of hydrogen-bond donors (Lipinski definition) is 1. The van der Waals surface area contributed by atoms with Crippen molar-refractivity contribution < 1.29 is 23.5 Å². The van der Waals surface area contributed by atoms with Gasteiger partial charge in [-0.15, -0.1) is 11.3 Å². The van der Waals surface area contributed by atoms with Gasteiger partial charge in [0.25, 0.3) is 0 Å². The third-order valence-electron chi connectivity index (χ3n) is 6.54. The van der Waals surface area contributed by atoms with Crippen molar-refractivity contribution in [2.24, 2.45) is 11.7 Å². The van der Waals surface area contributed by atoms with Crippen LogP contribution in [0.3, 0.4) is 0 Å². The molecule has 1 fully saturated rings. The minimum absolute atomic E-state index is 0.209. The van der Waals surface area contributed by atoms with Crippen molar-refractivity contribution in [3.05, 3.63) is 92.9 Å². The molecule has 35 heavy (non-hydrogen) atoms. The maximum Gasteiger partial charge on any atom is 0.249 e. The first-order valence-electron chi connectivity index (χ1n) is 11.2. The second-order valence-electron chi connectivity index (χ2n) is 8.83. The van der Waals surface area contributed by atoms with Crippen LogP contribution in [0.25, 0.3) is 0 Å². The van der Waals surface area contributed by atoms with E-state index < -0.39 is 41.6 Å². The third kappa shape index (κ3) is 4.63. The van der Waals surface area contributed by atoms with E-state index in [1.54, 1.807) is 30.3 Å². The lowest BCUT2D eigenvalue weighted by Gasteiger charge is -2.30. The van der Waals surface area contributed by atoms with E-state index in [-0.39, 0.29) is 12.4 Å². The van der Waals surface area contributed by atoms with Crippen LogP contribution >= 0.6 is 11.3 Å². The highest BCUT2D eigenvalue weighted by molar-refractivity contribution is 7.10. The summed E-state index contributed by atoms with van der Waals surface area (Å²) in [6.07, 6.45) is 0. The fraction of sp³-hybridized carbons (Fsp3) is 0.296. The minimum atomic E-state index is -1.12. The zero-order chi connectivity index (χ0) is 25.3. The topological polar surface area (TPSA) is 89.7 Å². The SMILES string of the molecule is COCC(=O)N1C(C(N)=O)C(c2ccc(F)cc2)C(C(=O)c2cccc(C)c2)C1c1sccc1C. The number of benzene rings is 2. The number of ether oxygens (including phenoxy) is 1. The summed E-state index contributed by atoms with van der Waals surface area (Å²) in [7, 11) is 1.39. The van der Waals surface area contributed by atoms with Crippen molar-refractivity contribution in [3.8, 4) is 0 Å². The number of thiophene rings is 1. The molecule has 0 spiro atoms. The van der Waals surface area contributed by atoms with E-state index in [1.807, 2.05) is 31.4 Å². The van der Waals surface area contributed by atoms with Crippen LogP contribution in [0.1, 0.15) is 43.9 Å². The van der Waals surface area contributed by atoms with Gasteiger partial charge in [-0.05, 0) is 54.6 Å². The largest absolute Gasteiger partial charge is 0.375 e. The van der Waals surface area contributed by atoms with Crippen LogP contribution in [0.2, 0.25) is 0 Å². The van der Waals surface area contributed by atoms with E-state index in [0.29, 0.717) is 11.1 Å². The number of rotatable bonds is 7. The van der Waals surface area contributed by atoms with Gasteiger partial charge in [0.15, 0.2) is 5.78 Å².